The number of rotatable bonds is 2. The second-order valence-corrected chi connectivity index (χ2v) is 7.60. The van der Waals surface area contributed by atoms with Gasteiger partial charge >= 0.3 is 5.63 Å². The molecular formula is C24H14BrNO3. The van der Waals surface area contributed by atoms with Gasteiger partial charge in [0.15, 0.2) is 5.76 Å². The molecule has 0 radical (unpaired) electrons. The Bertz CT molecular complexity index is 1440. The van der Waals surface area contributed by atoms with E-state index in [4.69, 9.17) is 4.42 Å². The van der Waals surface area contributed by atoms with Crippen LogP contribution < -0.4 is 5.63 Å². The van der Waals surface area contributed by atoms with E-state index in [1.54, 1.807) is 36.5 Å². The summed E-state index contributed by atoms with van der Waals surface area (Å²) < 4.78 is 6.64. The number of phenolic OH excluding ortho intramolecular Hbond substituents is 1. The first-order valence-corrected chi connectivity index (χ1v) is 9.81. The molecule has 2 aromatic heterocycles. The van der Waals surface area contributed by atoms with Crippen LogP contribution in [0.3, 0.4) is 0 Å². The fourth-order valence-electron chi connectivity index (χ4n) is 3.67. The number of aromatic hydroxyl groups is 1. The van der Waals surface area contributed by atoms with Gasteiger partial charge in [-0.3, -0.25) is 4.98 Å². The van der Waals surface area contributed by atoms with Crippen LogP contribution in [0.25, 0.3) is 44.1 Å². The maximum atomic E-state index is 12.7. The zero-order valence-electron chi connectivity index (χ0n) is 15.1. The van der Waals surface area contributed by atoms with E-state index in [0.29, 0.717) is 33.4 Å². The first kappa shape index (κ1) is 17.6. The Morgan fingerprint density at radius 1 is 0.828 bits per heavy atom. The summed E-state index contributed by atoms with van der Waals surface area (Å²) in [6.07, 6.45) is 1.65. The molecule has 5 heteroatoms. The summed E-state index contributed by atoms with van der Waals surface area (Å²) in [6.45, 7) is 0. The molecule has 3 aromatic carbocycles. The van der Waals surface area contributed by atoms with Gasteiger partial charge in [-0.2, -0.15) is 0 Å². The number of phenols is 1. The predicted octanol–water partition coefficient (Wildman–Crippen LogP) is 6.14. The lowest BCUT2D eigenvalue weighted by Crippen LogP contribution is -2.03. The molecule has 0 aliphatic rings. The van der Waals surface area contributed by atoms with E-state index < -0.39 is 5.63 Å². The number of fused-ring (bicyclic) bond motifs is 2. The first-order chi connectivity index (χ1) is 14.1. The van der Waals surface area contributed by atoms with Gasteiger partial charge in [-0.1, -0.05) is 52.3 Å². The number of nitrogens with zero attached hydrogens (tertiary/aromatic N) is 1. The summed E-state index contributed by atoms with van der Waals surface area (Å²) in [4.78, 5) is 17.1. The van der Waals surface area contributed by atoms with Crippen LogP contribution in [0.4, 0.5) is 0 Å². The number of pyridine rings is 1. The topological polar surface area (TPSA) is 63.3 Å². The Hall–Kier alpha value is -3.44. The number of aromatic nitrogens is 1. The van der Waals surface area contributed by atoms with Crippen LogP contribution in [-0.2, 0) is 0 Å². The van der Waals surface area contributed by atoms with Crippen molar-refractivity contribution in [3.05, 3.63) is 93.9 Å². The average molecular weight is 444 g/mol. The third-order valence-corrected chi connectivity index (χ3v) is 5.44. The number of halogens is 1. The third kappa shape index (κ3) is 2.91. The van der Waals surface area contributed by atoms with Gasteiger partial charge in [0.05, 0.1) is 5.39 Å². The Morgan fingerprint density at radius 3 is 2.38 bits per heavy atom. The molecule has 2 heterocycles. The fourth-order valence-corrected chi connectivity index (χ4v) is 4.03. The van der Waals surface area contributed by atoms with E-state index in [9.17, 15) is 9.90 Å². The van der Waals surface area contributed by atoms with Crippen molar-refractivity contribution in [2.75, 3.05) is 0 Å². The van der Waals surface area contributed by atoms with E-state index in [0.717, 1.165) is 15.2 Å². The lowest BCUT2D eigenvalue weighted by molar-refractivity contribution is 0.477. The van der Waals surface area contributed by atoms with Crippen LogP contribution in [0.5, 0.6) is 5.75 Å². The second-order valence-electron chi connectivity index (χ2n) is 6.68. The van der Waals surface area contributed by atoms with E-state index in [-0.39, 0.29) is 5.75 Å². The molecule has 0 fully saturated rings. The first-order valence-electron chi connectivity index (χ1n) is 9.02. The monoisotopic (exact) mass is 443 g/mol. The normalized spacial score (nSPS) is 11.2. The molecule has 0 aliphatic carbocycles. The minimum absolute atomic E-state index is 0.104. The summed E-state index contributed by atoms with van der Waals surface area (Å²) in [5.74, 6) is 0.434. The SMILES string of the molecule is O=c1oc(-c2ccccn2)c(-c2c(O)ccc3ccc(Br)cc23)c2ccccc12. The predicted molar refractivity (Wildman–Crippen MR) is 118 cm³/mol. The van der Waals surface area contributed by atoms with Gasteiger partial charge in [0, 0.05) is 27.2 Å². The van der Waals surface area contributed by atoms with Crippen LogP contribution in [0.15, 0.2) is 92.7 Å². The Labute approximate surface area is 174 Å². The molecule has 0 spiro atoms. The highest BCUT2D eigenvalue weighted by atomic mass is 79.9. The molecule has 140 valence electrons. The Kier molecular flexibility index (Phi) is 4.18. The summed E-state index contributed by atoms with van der Waals surface area (Å²) in [5.41, 5.74) is 1.33. The van der Waals surface area contributed by atoms with Gasteiger partial charge in [0.2, 0.25) is 0 Å². The van der Waals surface area contributed by atoms with Crippen molar-refractivity contribution in [1.82, 2.24) is 4.98 Å². The van der Waals surface area contributed by atoms with Crippen LogP contribution in [0.1, 0.15) is 0 Å². The standard InChI is InChI=1S/C24H14BrNO3/c25-15-10-8-14-9-11-20(27)21(18(14)13-15)22-16-5-1-2-6-17(16)24(28)29-23(22)19-7-3-4-12-26-19/h1-13,27H. The Morgan fingerprint density at radius 2 is 1.59 bits per heavy atom. The molecule has 0 unspecified atom stereocenters. The zero-order valence-corrected chi connectivity index (χ0v) is 16.7. The van der Waals surface area contributed by atoms with Crippen molar-refractivity contribution in [2.45, 2.75) is 0 Å². The van der Waals surface area contributed by atoms with Crippen molar-refractivity contribution in [3.8, 4) is 28.3 Å². The molecule has 0 bridgehead atoms. The number of benzene rings is 3. The maximum absolute atomic E-state index is 12.7. The summed E-state index contributed by atoms with van der Waals surface area (Å²) in [5, 5.41) is 13.9. The lowest BCUT2D eigenvalue weighted by Gasteiger charge is -2.15. The highest BCUT2D eigenvalue weighted by molar-refractivity contribution is 9.10. The van der Waals surface area contributed by atoms with Gasteiger partial charge < -0.3 is 9.52 Å². The minimum atomic E-state index is -0.439. The average Bonchev–Trinajstić information content (AvgIpc) is 2.75. The maximum Gasteiger partial charge on any atom is 0.344 e. The molecule has 0 amide bonds. The van der Waals surface area contributed by atoms with Crippen LogP contribution in [-0.4, -0.2) is 10.1 Å². The number of hydrogen-bond donors (Lipinski definition) is 1. The van der Waals surface area contributed by atoms with Gasteiger partial charge in [0.1, 0.15) is 11.4 Å². The third-order valence-electron chi connectivity index (χ3n) is 4.95. The van der Waals surface area contributed by atoms with Crippen molar-refractivity contribution < 1.29 is 9.52 Å². The molecule has 5 rings (SSSR count). The van der Waals surface area contributed by atoms with Gasteiger partial charge in [-0.15, -0.1) is 0 Å². The molecule has 0 saturated heterocycles. The largest absolute Gasteiger partial charge is 0.507 e. The van der Waals surface area contributed by atoms with Crippen molar-refractivity contribution >= 4 is 37.5 Å². The van der Waals surface area contributed by atoms with E-state index >= 15 is 0 Å². The van der Waals surface area contributed by atoms with Crippen molar-refractivity contribution in [3.63, 3.8) is 0 Å². The van der Waals surface area contributed by atoms with Gasteiger partial charge in [0.25, 0.3) is 0 Å². The molecule has 4 nitrogen and oxygen atoms in total. The minimum Gasteiger partial charge on any atom is -0.507 e. The van der Waals surface area contributed by atoms with E-state index in [2.05, 4.69) is 20.9 Å². The van der Waals surface area contributed by atoms with E-state index in [1.807, 2.05) is 42.5 Å². The van der Waals surface area contributed by atoms with Crippen molar-refractivity contribution in [2.24, 2.45) is 0 Å². The highest BCUT2D eigenvalue weighted by Crippen LogP contribution is 2.44. The summed E-state index contributed by atoms with van der Waals surface area (Å²) in [7, 11) is 0. The molecule has 0 saturated carbocycles. The van der Waals surface area contributed by atoms with Crippen LogP contribution >= 0.6 is 15.9 Å². The smallest absolute Gasteiger partial charge is 0.344 e. The van der Waals surface area contributed by atoms with E-state index in [1.165, 1.54) is 0 Å². The fraction of sp³-hybridized carbons (Fsp3) is 0. The molecule has 5 aromatic rings. The molecule has 0 aliphatic heterocycles. The summed E-state index contributed by atoms with van der Waals surface area (Å²) >= 11 is 3.52. The zero-order chi connectivity index (χ0) is 20.0. The Balaban J connectivity index is 2.02. The molecule has 0 atom stereocenters. The highest BCUT2D eigenvalue weighted by Gasteiger charge is 2.22. The van der Waals surface area contributed by atoms with Gasteiger partial charge in [-0.05, 0) is 47.2 Å². The molecular weight excluding hydrogens is 430 g/mol. The van der Waals surface area contributed by atoms with Crippen LogP contribution in [0.2, 0.25) is 0 Å². The summed E-state index contributed by atoms with van der Waals surface area (Å²) in [6, 6.07) is 22.1. The second kappa shape index (κ2) is 6.87. The van der Waals surface area contributed by atoms with Gasteiger partial charge in [-0.25, -0.2) is 4.79 Å². The van der Waals surface area contributed by atoms with Crippen molar-refractivity contribution in [1.29, 1.82) is 0 Å². The lowest BCUT2D eigenvalue weighted by atomic mass is 9.92. The molecule has 29 heavy (non-hydrogen) atoms. The number of hydrogen-bond acceptors (Lipinski definition) is 4. The molecule has 1 N–H and O–H groups in total. The van der Waals surface area contributed by atoms with Crippen LogP contribution in [0, 0.1) is 0 Å². The quantitative estimate of drug-likeness (QED) is 0.355.